The van der Waals surface area contributed by atoms with Crippen molar-refractivity contribution in [2.45, 2.75) is 25.8 Å². The van der Waals surface area contributed by atoms with E-state index in [1.807, 2.05) is 0 Å². The molecule has 162 valence electrons. The lowest BCUT2D eigenvalue weighted by Crippen LogP contribution is -2.25. The third-order valence-corrected chi connectivity index (χ3v) is 5.07. The summed E-state index contributed by atoms with van der Waals surface area (Å²) in [5.41, 5.74) is 3.58. The van der Waals surface area contributed by atoms with E-state index in [2.05, 4.69) is 10.4 Å². The Morgan fingerprint density at radius 2 is 1.90 bits per heavy atom. The Balaban J connectivity index is 1.83. The zero-order chi connectivity index (χ0) is 22.2. The summed E-state index contributed by atoms with van der Waals surface area (Å²) >= 11 is 0. The SMILES string of the molecule is Cc1nn(CCC(F)(F)CO)c(-c2ccc(F)cc2)c1-c1ccc2c(c1)NC(=O)CO2. The Hall–Kier alpha value is -3.33. The van der Waals surface area contributed by atoms with Gasteiger partial charge in [-0.2, -0.15) is 5.10 Å². The van der Waals surface area contributed by atoms with Crippen molar-refractivity contribution in [1.29, 1.82) is 0 Å². The number of aliphatic hydroxyl groups excluding tert-OH is 1. The van der Waals surface area contributed by atoms with E-state index in [9.17, 15) is 18.0 Å². The number of amides is 1. The van der Waals surface area contributed by atoms with Crippen molar-refractivity contribution in [3.05, 3.63) is 54.0 Å². The molecule has 0 saturated carbocycles. The van der Waals surface area contributed by atoms with E-state index < -0.39 is 24.8 Å². The van der Waals surface area contributed by atoms with Crippen LogP contribution in [0.15, 0.2) is 42.5 Å². The molecule has 0 saturated heterocycles. The Kier molecular flexibility index (Phi) is 5.45. The van der Waals surface area contributed by atoms with Crippen molar-refractivity contribution in [3.63, 3.8) is 0 Å². The Morgan fingerprint density at radius 3 is 2.61 bits per heavy atom. The van der Waals surface area contributed by atoms with Crippen LogP contribution >= 0.6 is 0 Å². The molecule has 0 spiro atoms. The van der Waals surface area contributed by atoms with Crippen molar-refractivity contribution < 1.29 is 27.8 Å². The standard InChI is InChI=1S/C22H20F3N3O3/c1-13-20(15-4-7-18-17(10-15)26-19(30)11-31-18)21(14-2-5-16(23)6-3-14)28(27-13)9-8-22(24,25)12-29/h2-7,10,29H,8-9,11-12H2,1H3,(H,26,30). The number of aryl methyl sites for hydroxylation is 2. The second kappa shape index (κ2) is 8.07. The van der Waals surface area contributed by atoms with E-state index >= 15 is 0 Å². The van der Waals surface area contributed by atoms with Gasteiger partial charge in [-0.05, 0) is 48.9 Å². The normalized spacial score (nSPS) is 13.5. The molecule has 31 heavy (non-hydrogen) atoms. The van der Waals surface area contributed by atoms with E-state index in [4.69, 9.17) is 9.84 Å². The molecule has 0 fully saturated rings. The number of nitrogens with zero attached hydrogens (tertiary/aromatic N) is 2. The number of rotatable bonds is 6. The largest absolute Gasteiger partial charge is 0.482 e. The van der Waals surface area contributed by atoms with Crippen LogP contribution in [-0.2, 0) is 11.3 Å². The first kappa shape index (κ1) is 20.9. The molecule has 1 aromatic heterocycles. The summed E-state index contributed by atoms with van der Waals surface area (Å²) < 4.78 is 47.7. The first-order valence-corrected chi connectivity index (χ1v) is 9.66. The van der Waals surface area contributed by atoms with Crippen LogP contribution < -0.4 is 10.1 Å². The van der Waals surface area contributed by atoms with E-state index in [0.717, 1.165) is 0 Å². The number of halogens is 3. The van der Waals surface area contributed by atoms with Crippen LogP contribution in [0.25, 0.3) is 22.4 Å². The fraction of sp³-hybridized carbons (Fsp3) is 0.273. The Bertz CT molecular complexity index is 1130. The highest BCUT2D eigenvalue weighted by Gasteiger charge is 2.29. The number of carbonyl (C=O) groups excluding carboxylic acids is 1. The molecule has 1 aliphatic rings. The quantitative estimate of drug-likeness (QED) is 0.618. The number of aliphatic hydroxyl groups is 1. The first-order chi connectivity index (χ1) is 14.8. The maximum Gasteiger partial charge on any atom is 0.272 e. The molecular formula is C22H20F3N3O3. The van der Waals surface area contributed by atoms with E-state index in [1.165, 1.54) is 16.8 Å². The van der Waals surface area contributed by atoms with Crippen LogP contribution in [-0.4, -0.2) is 39.9 Å². The molecule has 2 aromatic carbocycles. The Morgan fingerprint density at radius 1 is 1.19 bits per heavy atom. The molecule has 0 radical (unpaired) electrons. The van der Waals surface area contributed by atoms with Crippen LogP contribution in [0.5, 0.6) is 5.75 Å². The number of carbonyl (C=O) groups is 1. The summed E-state index contributed by atoms with van der Waals surface area (Å²) in [6.07, 6.45) is -0.605. The highest BCUT2D eigenvalue weighted by molar-refractivity contribution is 5.97. The van der Waals surface area contributed by atoms with Gasteiger partial charge in [0.2, 0.25) is 0 Å². The predicted octanol–water partition coefficient (Wildman–Crippen LogP) is 4.01. The van der Waals surface area contributed by atoms with Gasteiger partial charge in [0, 0.05) is 24.1 Å². The lowest BCUT2D eigenvalue weighted by atomic mass is 9.98. The van der Waals surface area contributed by atoms with E-state index in [0.29, 0.717) is 39.5 Å². The molecule has 1 amide bonds. The van der Waals surface area contributed by atoms with E-state index in [-0.39, 0.29) is 19.1 Å². The van der Waals surface area contributed by atoms with Gasteiger partial charge in [0.05, 0.1) is 17.1 Å². The van der Waals surface area contributed by atoms with Crippen molar-refractivity contribution in [2.75, 3.05) is 18.5 Å². The van der Waals surface area contributed by atoms with Gasteiger partial charge in [-0.25, -0.2) is 13.2 Å². The molecule has 0 bridgehead atoms. The number of hydrogen-bond donors (Lipinski definition) is 2. The van der Waals surface area contributed by atoms with Crippen LogP contribution in [0.2, 0.25) is 0 Å². The highest BCUT2D eigenvalue weighted by Crippen LogP contribution is 2.39. The fourth-order valence-electron chi connectivity index (χ4n) is 3.58. The number of nitrogens with one attached hydrogen (secondary N) is 1. The number of alkyl halides is 2. The second-order valence-corrected chi connectivity index (χ2v) is 7.35. The maximum atomic E-state index is 13.7. The summed E-state index contributed by atoms with van der Waals surface area (Å²) in [5, 5.41) is 16.1. The molecule has 0 atom stereocenters. The lowest BCUT2D eigenvalue weighted by molar-refractivity contribution is -0.118. The summed E-state index contributed by atoms with van der Waals surface area (Å²) in [4.78, 5) is 11.7. The minimum Gasteiger partial charge on any atom is -0.482 e. The average molecular weight is 431 g/mol. The van der Waals surface area contributed by atoms with Crippen LogP contribution in [0, 0.1) is 12.7 Å². The molecule has 6 nitrogen and oxygen atoms in total. The summed E-state index contributed by atoms with van der Waals surface area (Å²) in [6, 6.07) is 10.9. The van der Waals surface area contributed by atoms with Gasteiger partial charge in [0.1, 0.15) is 18.2 Å². The number of hydrogen-bond acceptors (Lipinski definition) is 4. The topological polar surface area (TPSA) is 76.4 Å². The Labute approximate surface area is 176 Å². The zero-order valence-electron chi connectivity index (χ0n) is 16.7. The van der Waals surface area contributed by atoms with Gasteiger partial charge in [0.25, 0.3) is 11.8 Å². The van der Waals surface area contributed by atoms with Crippen molar-refractivity contribution in [3.8, 4) is 28.1 Å². The molecule has 0 aliphatic carbocycles. The minimum absolute atomic E-state index is 0.0663. The van der Waals surface area contributed by atoms with Gasteiger partial charge in [0.15, 0.2) is 6.61 Å². The number of ether oxygens (including phenoxy) is 1. The summed E-state index contributed by atoms with van der Waals surface area (Å²) in [5.74, 6) is -3.41. The van der Waals surface area contributed by atoms with Gasteiger partial charge in [-0.15, -0.1) is 0 Å². The van der Waals surface area contributed by atoms with E-state index in [1.54, 1.807) is 37.3 Å². The van der Waals surface area contributed by atoms with Crippen LogP contribution in [0.4, 0.5) is 18.9 Å². The van der Waals surface area contributed by atoms with Crippen molar-refractivity contribution >= 4 is 11.6 Å². The van der Waals surface area contributed by atoms with Gasteiger partial charge in [-0.3, -0.25) is 9.48 Å². The number of fused-ring (bicyclic) bond motifs is 1. The van der Waals surface area contributed by atoms with Crippen molar-refractivity contribution in [1.82, 2.24) is 9.78 Å². The van der Waals surface area contributed by atoms with Gasteiger partial charge < -0.3 is 15.2 Å². The monoisotopic (exact) mass is 431 g/mol. The first-order valence-electron chi connectivity index (χ1n) is 9.66. The van der Waals surface area contributed by atoms with Crippen molar-refractivity contribution in [2.24, 2.45) is 0 Å². The van der Waals surface area contributed by atoms with Crippen LogP contribution in [0.1, 0.15) is 12.1 Å². The fourth-order valence-corrected chi connectivity index (χ4v) is 3.58. The molecule has 2 heterocycles. The zero-order valence-corrected chi connectivity index (χ0v) is 16.7. The van der Waals surface area contributed by atoms with Gasteiger partial charge in [-0.1, -0.05) is 6.07 Å². The molecule has 0 unspecified atom stereocenters. The molecule has 2 N–H and O–H groups in total. The number of anilines is 1. The number of benzene rings is 2. The summed E-state index contributed by atoms with van der Waals surface area (Å²) in [7, 11) is 0. The third kappa shape index (κ3) is 4.27. The molecule has 9 heteroatoms. The lowest BCUT2D eigenvalue weighted by Gasteiger charge is -2.19. The van der Waals surface area contributed by atoms with Gasteiger partial charge >= 0.3 is 0 Å². The highest BCUT2D eigenvalue weighted by atomic mass is 19.3. The molecular weight excluding hydrogens is 411 g/mol. The molecule has 4 rings (SSSR count). The second-order valence-electron chi connectivity index (χ2n) is 7.35. The predicted molar refractivity (Wildman–Crippen MR) is 109 cm³/mol. The summed E-state index contributed by atoms with van der Waals surface area (Å²) in [6.45, 7) is 0.281. The smallest absolute Gasteiger partial charge is 0.272 e. The number of aromatic nitrogens is 2. The molecule has 3 aromatic rings. The average Bonchev–Trinajstić information content (AvgIpc) is 3.08. The minimum atomic E-state index is -3.24. The third-order valence-electron chi connectivity index (χ3n) is 5.07. The maximum absolute atomic E-state index is 13.7. The van der Waals surface area contributed by atoms with Crippen LogP contribution in [0.3, 0.4) is 0 Å². The molecule has 1 aliphatic heterocycles.